The highest BCUT2D eigenvalue weighted by atomic mass is 79.9. The number of hydrogen-bond acceptors (Lipinski definition) is 1. The average Bonchev–Trinajstić information content (AvgIpc) is 2.96. The molecule has 4 heteroatoms. The molecule has 1 atom stereocenters. The number of hydrogen-bond donors (Lipinski definition) is 0. The smallest absolute Gasteiger partial charge is 0.254 e. The van der Waals surface area contributed by atoms with Gasteiger partial charge in [-0.05, 0) is 29.9 Å². The molecule has 1 aliphatic rings. The number of halogens is 2. The van der Waals surface area contributed by atoms with E-state index in [1.165, 1.54) is 6.07 Å². The summed E-state index contributed by atoms with van der Waals surface area (Å²) in [5.74, 6) is 0.243. The zero-order valence-electron chi connectivity index (χ0n) is 11.0. The van der Waals surface area contributed by atoms with Gasteiger partial charge in [0.15, 0.2) is 0 Å². The minimum Gasteiger partial charge on any atom is -0.338 e. The maximum atomic E-state index is 13.8. The summed E-state index contributed by atoms with van der Waals surface area (Å²) >= 11 is 3.47. The Labute approximate surface area is 125 Å². The number of carbonyl (C=O) groups is 1. The number of rotatable bonds is 2. The number of amides is 1. The van der Waals surface area contributed by atoms with Gasteiger partial charge in [0, 0.05) is 29.4 Å². The van der Waals surface area contributed by atoms with E-state index in [0.29, 0.717) is 22.3 Å². The zero-order valence-corrected chi connectivity index (χ0v) is 12.6. The Bertz CT molecular complexity index is 658. The molecule has 20 heavy (non-hydrogen) atoms. The molecule has 3 rings (SSSR count). The molecule has 0 aliphatic carbocycles. The van der Waals surface area contributed by atoms with Crippen molar-refractivity contribution in [3.8, 4) is 0 Å². The third kappa shape index (κ3) is 2.33. The monoisotopic (exact) mass is 335 g/mol. The van der Waals surface area contributed by atoms with E-state index in [1.807, 2.05) is 17.0 Å². The number of carbonyl (C=O) groups excluding carboxylic acids is 1. The Kier molecular flexibility index (Phi) is 3.74. The highest BCUT2D eigenvalue weighted by molar-refractivity contribution is 9.09. The van der Waals surface area contributed by atoms with Crippen LogP contribution < -0.4 is 0 Å². The normalized spacial score (nSPS) is 18.7. The minimum absolute atomic E-state index is 0.00431. The average molecular weight is 336 g/mol. The Balaban J connectivity index is 1.98. The van der Waals surface area contributed by atoms with Gasteiger partial charge in [-0.3, -0.25) is 4.79 Å². The summed E-state index contributed by atoms with van der Waals surface area (Å²) in [6.45, 7) is 1.55. The van der Waals surface area contributed by atoms with Crippen LogP contribution in [-0.4, -0.2) is 29.2 Å². The highest BCUT2D eigenvalue weighted by Gasteiger charge is 2.27. The summed E-state index contributed by atoms with van der Waals surface area (Å²) in [6.07, 6.45) is 1.02. The lowest BCUT2D eigenvalue weighted by molar-refractivity contribution is 0.0790. The van der Waals surface area contributed by atoms with Gasteiger partial charge in [0.1, 0.15) is 5.82 Å². The molecule has 0 N–H and O–H groups in total. The van der Waals surface area contributed by atoms with Crippen molar-refractivity contribution in [3.05, 3.63) is 47.8 Å². The summed E-state index contributed by atoms with van der Waals surface area (Å²) in [4.78, 5) is 14.5. The van der Waals surface area contributed by atoms with Gasteiger partial charge in [0.2, 0.25) is 0 Å². The topological polar surface area (TPSA) is 20.3 Å². The van der Waals surface area contributed by atoms with Crippen LogP contribution in [0.25, 0.3) is 10.8 Å². The Morgan fingerprint density at radius 3 is 2.70 bits per heavy atom. The molecule has 0 aromatic heterocycles. The van der Waals surface area contributed by atoms with E-state index < -0.39 is 0 Å². The standard InChI is InChI=1S/C16H15BrFNO/c17-9-11-7-8-19(10-11)16(20)14-5-6-15(18)13-4-2-1-3-12(13)14/h1-6,11H,7-10H2. The van der Waals surface area contributed by atoms with Gasteiger partial charge in [0.25, 0.3) is 5.91 Å². The third-order valence-corrected chi connectivity index (χ3v) is 4.81. The summed E-state index contributed by atoms with van der Waals surface area (Å²) in [6, 6.07) is 10.1. The van der Waals surface area contributed by atoms with Gasteiger partial charge in [-0.2, -0.15) is 0 Å². The first-order valence-corrected chi connectivity index (χ1v) is 7.85. The van der Waals surface area contributed by atoms with Crippen molar-refractivity contribution in [3.63, 3.8) is 0 Å². The predicted octanol–water partition coefficient (Wildman–Crippen LogP) is 3.84. The van der Waals surface area contributed by atoms with Gasteiger partial charge >= 0.3 is 0 Å². The van der Waals surface area contributed by atoms with E-state index >= 15 is 0 Å². The van der Waals surface area contributed by atoms with Crippen LogP contribution >= 0.6 is 15.9 Å². The Morgan fingerprint density at radius 1 is 1.25 bits per heavy atom. The molecule has 1 saturated heterocycles. The fourth-order valence-corrected chi connectivity index (χ4v) is 3.29. The van der Waals surface area contributed by atoms with E-state index in [1.54, 1.807) is 18.2 Å². The van der Waals surface area contributed by atoms with Crippen LogP contribution in [0.1, 0.15) is 16.8 Å². The molecule has 1 fully saturated rings. The lowest BCUT2D eigenvalue weighted by Crippen LogP contribution is -2.29. The largest absolute Gasteiger partial charge is 0.338 e. The van der Waals surface area contributed by atoms with E-state index in [0.717, 1.165) is 24.8 Å². The molecular formula is C16H15BrFNO. The maximum Gasteiger partial charge on any atom is 0.254 e. The number of fused-ring (bicyclic) bond motifs is 1. The van der Waals surface area contributed by atoms with Crippen molar-refractivity contribution >= 4 is 32.6 Å². The van der Waals surface area contributed by atoms with Gasteiger partial charge in [-0.1, -0.05) is 40.2 Å². The van der Waals surface area contributed by atoms with Crippen molar-refractivity contribution in [1.29, 1.82) is 0 Å². The molecule has 0 spiro atoms. The quantitative estimate of drug-likeness (QED) is 0.763. The predicted molar refractivity (Wildman–Crippen MR) is 81.7 cm³/mol. The first-order chi connectivity index (χ1) is 9.70. The summed E-state index contributed by atoms with van der Waals surface area (Å²) in [5.41, 5.74) is 0.595. The first kappa shape index (κ1) is 13.6. The van der Waals surface area contributed by atoms with Gasteiger partial charge in [-0.25, -0.2) is 4.39 Å². The molecule has 0 radical (unpaired) electrons. The van der Waals surface area contributed by atoms with Gasteiger partial charge < -0.3 is 4.90 Å². The first-order valence-electron chi connectivity index (χ1n) is 6.73. The molecular weight excluding hydrogens is 321 g/mol. The van der Waals surface area contributed by atoms with Crippen LogP contribution in [0.15, 0.2) is 36.4 Å². The zero-order chi connectivity index (χ0) is 14.1. The lowest BCUT2D eigenvalue weighted by atomic mass is 10.0. The molecule has 0 bridgehead atoms. The number of alkyl halides is 1. The number of benzene rings is 2. The molecule has 1 unspecified atom stereocenters. The van der Waals surface area contributed by atoms with Crippen molar-refractivity contribution in [2.75, 3.05) is 18.4 Å². The fourth-order valence-electron chi connectivity index (χ4n) is 2.76. The van der Waals surface area contributed by atoms with Gasteiger partial charge in [-0.15, -0.1) is 0 Å². The van der Waals surface area contributed by atoms with Crippen LogP contribution in [0, 0.1) is 11.7 Å². The lowest BCUT2D eigenvalue weighted by Gasteiger charge is -2.17. The number of nitrogens with zero attached hydrogens (tertiary/aromatic N) is 1. The molecule has 104 valence electrons. The summed E-state index contributed by atoms with van der Waals surface area (Å²) in [5, 5.41) is 2.12. The third-order valence-electron chi connectivity index (χ3n) is 3.89. The van der Waals surface area contributed by atoms with Crippen LogP contribution in [0.3, 0.4) is 0 Å². The van der Waals surface area contributed by atoms with Gasteiger partial charge in [0.05, 0.1) is 0 Å². The molecule has 2 nitrogen and oxygen atoms in total. The molecule has 0 saturated carbocycles. The van der Waals surface area contributed by atoms with E-state index in [4.69, 9.17) is 0 Å². The molecule has 1 heterocycles. The summed E-state index contributed by atoms with van der Waals surface area (Å²) < 4.78 is 13.8. The van der Waals surface area contributed by atoms with Crippen molar-refractivity contribution in [2.24, 2.45) is 5.92 Å². The number of likely N-dealkylation sites (tertiary alicyclic amines) is 1. The van der Waals surface area contributed by atoms with E-state index in [-0.39, 0.29) is 11.7 Å². The van der Waals surface area contributed by atoms with Crippen molar-refractivity contribution < 1.29 is 9.18 Å². The SMILES string of the molecule is O=C(c1ccc(F)c2ccccc12)N1CCC(CBr)C1. The second-order valence-electron chi connectivity index (χ2n) is 5.20. The van der Waals surface area contributed by atoms with Crippen molar-refractivity contribution in [2.45, 2.75) is 6.42 Å². The van der Waals surface area contributed by atoms with E-state index in [9.17, 15) is 9.18 Å². The van der Waals surface area contributed by atoms with Crippen LogP contribution in [0.2, 0.25) is 0 Å². The second-order valence-corrected chi connectivity index (χ2v) is 5.85. The van der Waals surface area contributed by atoms with Crippen LogP contribution in [0.4, 0.5) is 4.39 Å². The van der Waals surface area contributed by atoms with Crippen molar-refractivity contribution in [1.82, 2.24) is 4.90 Å². The van der Waals surface area contributed by atoms with E-state index in [2.05, 4.69) is 15.9 Å². The molecule has 2 aromatic rings. The summed E-state index contributed by atoms with van der Waals surface area (Å²) in [7, 11) is 0. The molecule has 1 amide bonds. The Hall–Kier alpha value is -1.42. The van der Waals surface area contributed by atoms with Crippen LogP contribution in [0.5, 0.6) is 0 Å². The maximum absolute atomic E-state index is 13.8. The Morgan fingerprint density at radius 2 is 2.00 bits per heavy atom. The molecule has 2 aromatic carbocycles. The fraction of sp³-hybridized carbons (Fsp3) is 0.312. The highest BCUT2D eigenvalue weighted by Crippen LogP contribution is 2.26. The minimum atomic E-state index is -0.281. The second kappa shape index (κ2) is 5.52. The van der Waals surface area contributed by atoms with Crippen LogP contribution in [-0.2, 0) is 0 Å². The molecule has 1 aliphatic heterocycles.